The molecule has 1 unspecified atom stereocenters. The Hall–Kier alpha value is -0.610. The molecular weight excluding hydrogens is 158 g/mol. The molecule has 1 aliphatic rings. The highest BCUT2D eigenvalue weighted by Crippen LogP contribution is 2.19. The maximum Gasteiger partial charge on any atom is 0.320 e. The molecule has 1 fully saturated rings. The number of likely N-dealkylation sites (tertiary alicyclic amines) is 1. The average Bonchev–Trinajstić information content (AvgIpc) is 2.38. The van der Waals surface area contributed by atoms with E-state index in [0.717, 1.165) is 6.42 Å². The van der Waals surface area contributed by atoms with Gasteiger partial charge in [-0.1, -0.05) is 6.92 Å². The molecular formula is C8H15NO3. The van der Waals surface area contributed by atoms with Crippen molar-refractivity contribution in [3.05, 3.63) is 0 Å². The van der Waals surface area contributed by atoms with Gasteiger partial charge in [0.25, 0.3) is 0 Å². The van der Waals surface area contributed by atoms with E-state index >= 15 is 0 Å². The van der Waals surface area contributed by atoms with E-state index in [4.69, 9.17) is 5.11 Å². The Balaban J connectivity index is 2.58. The number of hydrogen-bond acceptors (Lipinski definition) is 3. The van der Waals surface area contributed by atoms with Crippen LogP contribution in [0.25, 0.3) is 0 Å². The van der Waals surface area contributed by atoms with E-state index in [-0.39, 0.29) is 0 Å². The molecule has 1 saturated heterocycles. The summed E-state index contributed by atoms with van der Waals surface area (Å²) < 4.78 is 0. The molecule has 1 rings (SSSR count). The lowest BCUT2D eigenvalue weighted by Crippen LogP contribution is -2.43. The van der Waals surface area contributed by atoms with E-state index in [2.05, 4.69) is 0 Å². The van der Waals surface area contributed by atoms with Crippen LogP contribution in [0.3, 0.4) is 0 Å². The van der Waals surface area contributed by atoms with E-state index in [1.807, 2.05) is 6.92 Å². The largest absolute Gasteiger partial charge is 0.480 e. The van der Waals surface area contributed by atoms with Crippen LogP contribution in [-0.2, 0) is 4.79 Å². The Morgan fingerprint density at radius 1 is 1.75 bits per heavy atom. The Bertz CT molecular complexity index is 172. The lowest BCUT2D eigenvalue weighted by molar-refractivity contribution is -0.146. The number of aliphatic carboxylic acids is 1. The summed E-state index contributed by atoms with van der Waals surface area (Å²) in [5.41, 5.74) is 0. The van der Waals surface area contributed by atoms with Gasteiger partial charge in [0.2, 0.25) is 0 Å². The Labute approximate surface area is 71.8 Å². The van der Waals surface area contributed by atoms with Crippen molar-refractivity contribution in [3.8, 4) is 0 Å². The average molecular weight is 173 g/mol. The van der Waals surface area contributed by atoms with E-state index in [1.54, 1.807) is 4.90 Å². The molecule has 0 amide bonds. The fourth-order valence-electron chi connectivity index (χ4n) is 1.69. The van der Waals surface area contributed by atoms with Gasteiger partial charge in [0.05, 0.1) is 0 Å². The van der Waals surface area contributed by atoms with Crippen LogP contribution in [0.1, 0.15) is 26.2 Å². The van der Waals surface area contributed by atoms with Gasteiger partial charge in [-0.2, -0.15) is 0 Å². The summed E-state index contributed by atoms with van der Waals surface area (Å²) in [6, 6.07) is -0.512. The van der Waals surface area contributed by atoms with Gasteiger partial charge in [0.15, 0.2) is 0 Å². The van der Waals surface area contributed by atoms with Crippen LogP contribution in [0.15, 0.2) is 0 Å². The maximum absolute atomic E-state index is 10.7. The van der Waals surface area contributed by atoms with Crippen LogP contribution in [0.5, 0.6) is 0 Å². The second-order valence-electron chi connectivity index (χ2n) is 3.12. The zero-order chi connectivity index (χ0) is 9.14. The summed E-state index contributed by atoms with van der Waals surface area (Å²) in [6.07, 6.45) is 1.59. The maximum atomic E-state index is 10.7. The van der Waals surface area contributed by atoms with Crippen molar-refractivity contribution < 1.29 is 15.0 Å². The molecule has 0 aromatic heterocycles. The number of carboxylic acids is 1. The molecule has 12 heavy (non-hydrogen) atoms. The standard InChI is InChI=1S/C8H15NO3/c1-2-6(8(11)12)9-5-3-4-7(9)10/h6-7,10H,2-5H2,1H3,(H,11,12)/t6-,7?/m0/s1. The van der Waals surface area contributed by atoms with Crippen LogP contribution >= 0.6 is 0 Å². The number of hydrogen-bond donors (Lipinski definition) is 2. The molecule has 1 heterocycles. The van der Waals surface area contributed by atoms with Crippen molar-refractivity contribution in [3.63, 3.8) is 0 Å². The second kappa shape index (κ2) is 3.87. The predicted molar refractivity (Wildman–Crippen MR) is 43.7 cm³/mol. The van der Waals surface area contributed by atoms with Crippen molar-refractivity contribution in [2.24, 2.45) is 0 Å². The molecule has 0 aromatic carbocycles. The summed E-state index contributed by atoms with van der Waals surface area (Å²) in [5.74, 6) is -0.835. The molecule has 2 N–H and O–H groups in total. The van der Waals surface area contributed by atoms with Crippen molar-refractivity contribution in [1.29, 1.82) is 0 Å². The highest BCUT2D eigenvalue weighted by atomic mass is 16.4. The van der Waals surface area contributed by atoms with E-state index in [1.165, 1.54) is 0 Å². The third-order valence-electron chi connectivity index (χ3n) is 2.33. The highest BCUT2D eigenvalue weighted by molar-refractivity contribution is 5.73. The van der Waals surface area contributed by atoms with Crippen LogP contribution < -0.4 is 0 Å². The summed E-state index contributed by atoms with van der Waals surface area (Å²) in [6.45, 7) is 2.52. The third-order valence-corrected chi connectivity index (χ3v) is 2.33. The Kier molecular flexibility index (Phi) is 3.05. The lowest BCUT2D eigenvalue weighted by atomic mass is 10.2. The Morgan fingerprint density at radius 3 is 2.75 bits per heavy atom. The quantitative estimate of drug-likeness (QED) is 0.643. The molecule has 2 atom stereocenters. The fourth-order valence-corrected chi connectivity index (χ4v) is 1.69. The van der Waals surface area contributed by atoms with Crippen molar-refractivity contribution in [2.45, 2.75) is 38.5 Å². The van der Waals surface area contributed by atoms with Crippen LogP contribution in [0.4, 0.5) is 0 Å². The summed E-state index contributed by atoms with van der Waals surface area (Å²) in [7, 11) is 0. The molecule has 0 aliphatic carbocycles. The number of rotatable bonds is 3. The molecule has 0 saturated carbocycles. The van der Waals surface area contributed by atoms with Crippen molar-refractivity contribution >= 4 is 5.97 Å². The lowest BCUT2D eigenvalue weighted by Gasteiger charge is -2.25. The number of aliphatic hydroxyl groups excluding tert-OH is 1. The first-order chi connectivity index (χ1) is 5.66. The normalized spacial score (nSPS) is 27.3. The highest BCUT2D eigenvalue weighted by Gasteiger charge is 2.32. The van der Waals surface area contributed by atoms with Crippen molar-refractivity contribution in [2.75, 3.05) is 6.54 Å². The van der Waals surface area contributed by atoms with Gasteiger partial charge >= 0.3 is 5.97 Å². The van der Waals surface area contributed by atoms with Gasteiger partial charge < -0.3 is 10.2 Å². The van der Waals surface area contributed by atoms with Crippen LogP contribution in [-0.4, -0.2) is 39.9 Å². The molecule has 0 bridgehead atoms. The first-order valence-electron chi connectivity index (χ1n) is 4.33. The zero-order valence-corrected chi connectivity index (χ0v) is 7.23. The summed E-state index contributed by atoms with van der Waals surface area (Å²) in [5, 5.41) is 18.2. The number of aliphatic hydroxyl groups is 1. The summed E-state index contributed by atoms with van der Waals surface area (Å²) in [4.78, 5) is 12.4. The van der Waals surface area contributed by atoms with Crippen LogP contribution in [0.2, 0.25) is 0 Å². The predicted octanol–water partition coefficient (Wildman–Crippen LogP) is 0.264. The molecule has 0 spiro atoms. The molecule has 70 valence electrons. The zero-order valence-electron chi connectivity index (χ0n) is 7.23. The molecule has 0 radical (unpaired) electrons. The minimum absolute atomic E-state index is 0.512. The minimum atomic E-state index is -0.835. The number of carboxylic acid groups (broad SMARTS) is 1. The number of nitrogens with zero attached hydrogens (tertiary/aromatic N) is 1. The van der Waals surface area contributed by atoms with Gasteiger partial charge in [-0.3, -0.25) is 9.69 Å². The van der Waals surface area contributed by atoms with Crippen LogP contribution in [0, 0.1) is 0 Å². The fraction of sp³-hybridized carbons (Fsp3) is 0.875. The third kappa shape index (κ3) is 1.76. The minimum Gasteiger partial charge on any atom is -0.480 e. The van der Waals surface area contributed by atoms with E-state index in [9.17, 15) is 9.90 Å². The van der Waals surface area contributed by atoms with Crippen molar-refractivity contribution in [1.82, 2.24) is 4.90 Å². The molecule has 4 nitrogen and oxygen atoms in total. The first-order valence-corrected chi connectivity index (χ1v) is 4.33. The van der Waals surface area contributed by atoms with Gasteiger partial charge in [-0.25, -0.2) is 0 Å². The van der Waals surface area contributed by atoms with E-state index < -0.39 is 18.2 Å². The summed E-state index contributed by atoms with van der Waals surface area (Å²) >= 11 is 0. The van der Waals surface area contributed by atoms with Gasteiger partial charge in [0.1, 0.15) is 12.3 Å². The second-order valence-corrected chi connectivity index (χ2v) is 3.12. The van der Waals surface area contributed by atoms with Gasteiger partial charge in [-0.05, 0) is 19.3 Å². The molecule has 1 aliphatic heterocycles. The molecule has 0 aromatic rings. The Morgan fingerprint density at radius 2 is 2.42 bits per heavy atom. The smallest absolute Gasteiger partial charge is 0.320 e. The topological polar surface area (TPSA) is 60.8 Å². The van der Waals surface area contributed by atoms with Gasteiger partial charge in [0, 0.05) is 6.54 Å². The first kappa shape index (κ1) is 9.48. The monoisotopic (exact) mass is 173 g/mol. The number of carbonyl (C=O) groups is 1. The van der Waals surface area contributed by atoms with E-state index in [0.29, 0.717) is 19.4 Å². The SMILES string of the molecule is CC[C@@H](C(=O)O)N1CCCC1O. The van der Waals surface area contributed by atoms with Gasteiger partial charge in [-0.15, -0.1) is 0 Å². The molecule has 4 heteroatoms.